The second-order valence-corrected chi connectivity index (χ2v) is 5.35. The first kappa shape index (κ1) is 15.4. The summed E-state index contributed by atoms with van der Waals surface area (Å²) in [7, 11) is 0. The molecule has 0 aromatic carbocycles. The van der Waals surface area contributed by atoms with Gasteiger partial charge in [0.25, 0.3) is 0 Å². The Bertz CT molecular complexity index is 271. The molecule has 3 unspecified atom stereocenters. The number of nitriles is 1. The fourth-order valence-electron chi connectivity index (χ4n) is 2.24. The number of ether oxygens (including phenoxy) is 2. The van der Waals surface area contributed by atoms with Gasteiger partial charge in [0.15, 0.2) is 0 Å². The Hall–Kier alpha value is -0.630. The van der Waals surface area contributed by atoms with Gasteiger partial charge in [-0.2, -0.15) is 5.26 Å². The zero-order chi connectivity index (χ0) is 13.4. The highest BCUT2D eigenvalue weighted by molar-refractivity contribution is 5.04. The average molecular weight is 254 g/mol. The summed E-state index contributed by atoms with van der Waals surface area (Å²) in [6.45, 7) is 8.43. The van der Waals surface area contributed by atoms with Gasteiger partial charge in [0, 0.05) is 13.0 Å². The van der Waals surface area contributed by atoms with Gasteiger partial charge in [-0.15, -0.1) is 0 Å². The Morgan fingerprint density at radius 1 is 1.61 bits per heavy atom. The third kappa shape index (κ3) is 5.34. The minimum atomic E-state index is -0.494. The van der Waals surface area contributed by atoms with Crippen molar-refractivity contribution in [2.24, 2.45) is 0 Å². The van der Waals surface area contributed by atoms with E-state index in [4.69, 9.17) is 9.47 Å². The van der Waals surface area contributed by atoms with Crippen LogP contribution >= 0.6 is 0 Å². The minimum absolute atomic E-state index is 0.0724. The van der Waals surface area contributed by atoms with Gasteiger partial charge in [0.2, 0.25) is 0 Å². The molecule has 1 heterocycles. The molecule has 1 N–H and O–H groups in total. The molecule has 4 nitrogen and oxygen atoms in total. The van der Waals surface area contributed by atoms with Gasteiger partial charge in [0.05, 0.1) is 24.9 Å². The Morgan fingerprint density at radius 3 is 2.94 bits per heavy atom. The number of hydrogen-bond acceptors (Lipinski definition) is 4. The lowest BCUT2D eigenvalue weighted by Crippen LogP contribution is -2.44. The average Bonchev–Trinajstić information content (AvgIpc) is 2.87. The molecule has 0 aromatic heterocycles. The van der Waals surface area contributed by atoms with E-state index in [0.717, 1.165) is 32.4 Å². The molecule has 0 aliphatic carbocycles. The Kier molecular flexibility index (Phi) is 6.62. The second-order valence-electron chi connectivity index (χ2n) is 5.35. The SMILES string of the molecule is CCCNC(C)(C#N)CC(C)OCC1CCCO1. The third-order valence-electron chi connectivity index (χ3n) is 3.30. The summed E-state index contributed by atoms with van der Waals surface area (Å²) in [6.07, 6.45) is 4.29. The van der Waals surface area contributed by atoms with E-state index in [1.165, 1.54) is 0 Å². The van der Waals surface area contributed by atoms with Crippen LogP contribution in [0.1, 0.15) is 46.5 Å². The highest BCUT2D eigenvalue weighted by Gasteiger charge is 2.26. The van der Waals surface area contributed by atoms with Gasteiger partial charge in [-0.25, -0.2) is 0 Å². The maximum Gasteiger partial charge on any atom is 0.106 e. The fraction of sp³-hybridized carbons (Fsp3) is 0.929. The van der Waals surface area contributed by atoms with Crippen molar-refractivity contribution in [1.29, 1.82) is 5.26 Å². The van der Waals surface area contributed by atoms with E-state index < -0.39 is 5.54 Å². The highest BCUT2D eigenvalue weighted by atomic mass is 16.5. The highest BCUT2D eigenvalue weighted by Crippen LogP contribution is 2.17. The summed E-state index contributed by atoms with van der Waals surface area (Å²) in [5, 5.41) is 12.5. The van der Waals surface area contributed by atoms with E-state index in [1.54, 1.807) is 0 Å². The molecule has 1 aliphatic rings. The molecular formula is C14H26N2O2. The van der Waals surface area contributed by atoms with Gasteiger partial charge >= 0.3 is 0 Å². The lowest BCUT2D eigenvalue weighted by atomic mass is 9.96. The van der Waals surface area contributed by atoms with Crippen molar-refractivity contribution < 1.29 is 9.47 Å². The van der Waals surface area contributed by atoms with Crippen LogP contribution in [0, 0.1) is 11.3 Å². The molecule has 0 bridgehead atoms. The summed E-state index contributed by atoms with van der Waals surface area (Å²) in [5.41, 5.74) is -0.494. The number of nitrogens with one attached hydrogen (secondary N) is 1. The fourth-order valence-corrected chi connectivity index (χ4v) is 2.24. The quantitative estimate of drug-likeness (QED) is 0.722. The van der Waals surface area contributed by atoms with Crippen LogP contribution in [0.15, 0.2) is 0 Å². The van der Waals surface area contributed by atoms with E-state index in [9.17, 15) is 5.26 Å². The van der Waals surface area contributed by atoms with Gasteiger partial charge in [-0.05, 0) is 39.7 Å². The Morgan fingerprint density at radius 2 is 2.39 bits per heavy atom. The first-order chi connectivity index (χ1) is 8.59. The van der Waals surface area contributed by atoms with Crippen LogP contribution in [-0.4, -0.2) is 37.5 Å². The standard InChI is InChI=1S/C14H26N2O2/c1-4-7-16-14(3,11-15)9-12(2)18-10-13-6-5-8-17-13/h12-13,16H,4-10H2,1-3H3. The number of rotatable bonds is 8. The van der Waals surface area contributed by atoms with E-state index in [-0.39, 0.29) is 12.2 Å². The van der Waals surface area contributed by atoms with Crippen molar-refractivity contribution in [2.45, 2.75) is 64.2 Å². The van der Waals surface area contributed by atoms with Gasteiger partial charge in [0.1, 0.15) is 5.54 Å². The maximum absolute atomic E-state index is 9.25. The van der Waals surface area contributed by atoms with Gasteiger partial charge < -0.3 is 9.47 Å². The zero-order valence-corrected chi connectivity index (χ0v) is 11.9. The number of hydrogen-bond donors (Lipinski definition) is 1. The van der Waals surface area contributed by atoms with Crippen LogP contribution in [0.5, 0.6) is 0 Å². The molecule has 1 saturated heterocycles. The predicted molar refractivity (Wildman–Crippen MR) is 71.3 cm³/mol. The molecule has 18 heavy (non-hydrogen) atoms. The smallest absolute Gasteiger partial charge is 0.106 e. The molecule has 104 valence electrons. The lowest BCUT2D eigenvalue weighted by Gasteiger charge is -2.27. The van der Waals surface area contributed by atoms with E-state index >= 15 is 0 Å². The summed E-state index contributed by atoms with van der Waals surface area (Å²) >= 11 is 0. The van der Waals surface area contributed by atoms with Crippen molar-refractivity contribution in [3.63, 3.8) is 0 Å². The van der Waals surface area contributed by atoms with Crippen molar-refractivity contribution in [3.05, 3.63) is 0 Å². The molecule has 4 heteroatoms. The van der Waals surface area contributed by atoms with E-state index in [0.29, 0.717) is 13.0 Å². The summed E-state index contributed by atoms with van der Waals surface area (Å²) < 4.78 is 11.3. The van der Waals surface area contributed by atoms with Crippen LogP contribution in [0.25, 0.3) is 0 Å². The lowest BCUT2D eigenvalue weighted by molar-refractivity contribution is -0.0217. The van der Waals surface area contributed by atoms with Crippen molar-refractivity contribution in [3.8, 4) is 6.07 Å². The first-order valence-electron chi connectivity index (χ1n) is 6.99. The maximum atomic E-state index is 9.25. The van der Waals surface area contributed by atoms with E-state index in [1.807, 2.05) is 13.8 Å². The van der Waals surface area contributed by atoms with Gasteiger partial charge in [-0.3, -0.25) is 5.32 Å². The molecule has 0 spiro atoms. The number of nitrogens with zero attached hydrogens (tertiary/aromatic N) is 1. The molecule has 0 saturated carbocycles. The first-order valence-corrected chi connectivity index (χ1v) is 6.99. The van der Waals surface area contributed by atoms with Crippen molar-refractivity contribution in [1.82, 2.24) is 5.32 Å². The van der Waals surface area contributed by atoms with Crippen molar-refractivity contribution in [2.75, 3.05) is 19.8 Å². The normalized spacial score (nSPS) is 24.4. The molecule has 1 rings (SSSR count). The monoisotopic (exact) mass is 254 g/mol. The third-order valence-corrected chi connectivity index (χ3v) is 3.30. The second kappa shape index (κ2) is 7.73. The van der Waals surface area contributed by atoms with Crippen molar-refractivity contribution >= 4 is 0 Å². The summed E-state index contributed by atoms with van der Waals surface area (Å²) in [6, 6.07) is 2.35. The topological polar surface area (TPSA) is 54.3 Å². The molecule has 1 aliphatic heterocycles. The van der Waals surface area contributed by atoms with Crippen LogP contribution < -0.4 is 5.32 Å². The van der Waals surface area contributed by atoms with Gasteiger partial charge in [-0.1, -0.05) is 6.92 Å². The molecule has 3 atom stereocenters. The molecular weight excluding hydrogens is 228 g/mol. The minimum Gasteiger partial charge on any atom is -0.376 e. The summed E-state index contributed by atoms with van der Waals surface area (Å²) in [5.74, 6) is 0. The van der Waals surface area contributed by atoms with Crippen LogP contribution in [0.4, 0.5) is 0 Å². The van der Waals surface area contributed by atoms with E-state index in [2.05, 4.69) is 18.3 Å². The van der Waals surface area contributed by atoms with Crippen LogP contribution in [-0.2, 0) is 9.47 Å². The molecule has 0 aromatic rings. The molecule has 0 amide bonds. The molecule has 1 fully saturated rings. The summed E-state index contributed by atoms with van der Waals surface area (Å²) in [4.78, 5) is 0. The Balaban J connectivity index is 2.27. The predicted octanol–water partition coefficient (Wildman–Crippen LogP) is 2.24. The largest absolute Gasteiger partial charge is 0.376 e. The van der Waals surface area contributed by atoms with Crippen LogP contribution in [0.2, 0.25) is 0 Å². The molecule has 0 radical (unpaired) electrons. The zero-order valence-electron chi connectivity index (χ0n) is 11.9. The van der Waals surface area contributed by atoms with Crippen LogP contribution in [0.3, 0.4) is 0 Å². The Labute approximate surface area is 111 Å².